The molecule has 4 rings (SSSR count). The van der Waals surface area contributed by atoms with Gasteiger partial charge in [-0.25, -0.2) is 4.39 Å². The lowest BCUT2D eigenvalue weighted by molar-refractivity contribution is 0.188. The van der Waals surface area contributed by atoms with E-state index in [-0.39, 0.29) is 12.4 Å². The number of hydrogen-bond donors (Lipinski definition) is 2. The Morgan fingerprint density at radius 2 is 1.86 bits per heavy atom. The summed E-state index contributed by atoms with van der Waals surface area (Å²) in [6.45, 7) is 4.75. The Kier molecular flexibility index (Phi) is 5.36. The van der Waals surface area contributed by atoms with Crippen molar-refractivity contribution in [2.24, 2.45) is 7.05 Å². The average Bonchev–Trinajstić information content (AvgIpc) is 3.09. The van der Waals surface area contributed by atoms with E-state index in [0.717, 1.165) is 48.6 Å². The maximum absolute atomic E-state index is 13.1. The summed E-state index contributed by atoms with van der Waals surface area (Å²) in [5, 5.41) is 17.6. The third-order valence-electron chi connectivity index (χ3n) is 5.02. The summed E-state index contributed by atoms with van der Waals surface area (Å²) in [5.41, 5.74) is 1.74. The van der Waals surface area contributed by atoms with Gasteiger partial charge in [-0.2, -0.15) is 15.1 Å². The van der Waals surface area contributed by atoms with Crippen LogP contribution >= 0.6 is 0 Å². The summed E-state index contributed by atoms with van der Waals surface area (Å²) in [6, 6.07) is 6.42. The Balaban J connectivity index is 1.56. The second kappa shape index (κ2) is 8.07. The van der Waals surface area contributed by atoms with E-state index in [0.29, 0.717) is 19.0 Å². The van der Waals surface area contributed by atoms with Crippen molar-refractivity contribution >= 4 is 22.8 Å². The van der Waals surface area contributed by atoms with Gasteiger partial charge in [0.15, 0.2) is 5.65 Å². The van der Waals surface area contributed by atoms with Crippen LogP contribution in [0.1, 0.15) is 5.56 Å². The predicted molar refractivity (Wildman–Crippen MR) is 106 cm³/mol. The lowest BCUT2D eigenvalue weighted by atomic mass is 10.2. The molecule has 0 amide bonds. The van der Waals surface area contributed by atoms with Crippen LogP contribution in [0.3, 0.4) is 0 Å². The number of hydrogen-bond acceptors (Lipinski definition) is 7. The molecule has 1 saturated heterocycles. The normalized spacial score (nSPS) is 15.3. The van der Waals surface area contributed by atoms with Gasteiger partial charge in [0.2, 0.25) is 5.95 Å². The molecule has 3 heterocycles. The van der Waals surface area contributed by atoms with E-state index < -0.39 is 0 Å². The number of aliphatic hydroxyl groups is 1. The molecule has 0 radical (unpaired) electrons. The van der Waals surface area contributed by atoms with Gasteiger partial charge in [-0.05, 0) is 17.7 Å². The second-order valence-electron chi connectivity index (χ2n) is 6.91. The Morgan fingerprint density at radius 3 is 2.57 bits per heavy atom. The lowest BCUT2D eigenvalue weighted by Gasteiger charge is -2.34. The molecule has 148 valence electrons. The van der Waals surface area contributed by atoms with Crippen molar-refractivity contribution in [1.82, 2.24) is 24.6 Å². The quantitative estimate of drug-likeness (QED) is 0.660. The van der Waals surface area contributed by atoms with E-state index in [1.807, 2.05) is 7.05 Å². The zero-order chi connectivity index (χ0) is 19.5. The summed E-state index contributed by atoms with van der Waals surface area (Å²) < 4.78 is 14.9. The van der Waals surface area contributed by atoms with Crippen molar-refractivity contribution in [1.29, 1.82) is 0 Å². The van der Waals surface area contributed by atoms with Gasteiger partial charge in [0.1, 0.15) is 11.6 Å². The number of piperazine rings is 1. The minimum Gasteiger partial charge on any atom is -0.395 e. The molecular weight excluding hydrogens is 361 g/mol. The average molecular weight is 385 g/mol. The molecule has 0 aliphatic carbocycles. The van der Waals surface area contributed by atoms with Crippen molar-refractivity contribution in [3.8, 4) is 0 Å². The van der Waals surface area contributed by atoms with E-state index in [9.17, 15) is 4.39 Å². The van der Waals surface area contributed by atoms with E-state index in [4.69, 9.17) is 15.1 Å². The summed E-state index contributed by atoms with van der Waals surface area (Å²) in [7, 11) is 1.86. The van der Waals surface area contributed by atoms with Crippen LogP contribution in [0.5, 0.6) is 0 Å². The minimum absolute atomic E-state index is 0.176. The zero-order valence-electron chi connectivity index (χ0n) is 15.8. The maximum atomic E-state index is 13.1. The molecule has 1 aliphatic heterocycles. The number of halogens is 1. The first-order valence-corrected chi connectivity index (χ1v) is 9.40. The van der Waals surface area contributed by atoms with Gasteiger partial charge in [-0.3, -0.25) is 9.58 Å². The van der Waals surface area contributed by atoms with Crippen LogP contribution < -0.4 is 10.2 Å². The highest BCUT2D eigenvalue weighted by molar-refractivity contribution is 5.87. The Labute approximate surface area is 162 Å². The number of β-amino-alcohol motifs (C(OH)–C–C–N with tert-alkyl or cyclic N) is 1. The molecule has 9 heteroatoms. The maximum Gasteiger partial charge on any atom is 0.229 e. The molecule has 2 N–H and O–H groups in total. The summed E-state index contributed by atoms with van der Waals surface area (Å²) in [5.74, 6) is 1.14. The van der Waals surface area contributed by atoms with E-state index >= 15 is 0 Å². The molecule has 2 aromatic heterocycles. The van der Waals surface area contributed by atoms with Crippen molar-refractivity contribution in [3.05, 3.63) is 41.8 Å². The molecule has 8 nitrogen and oxygen atoms in total. The van der Waals surface area contributed by atoms with Gasteiger partial charge >= 0.3 is 0 Å². The molecule has 0 atom stereocenters. The molecule has 1 aliphatic rings. The molecule has 0 unspecified atom stereocenters. The third kappa shape index (κ3) is 3.90. The number of aryl methyl sites for hydroxylation is 1. The highest BCUT2D eigenvalue weighted by atomic mass is 19.1. The summed E-state index contributed by atoms with van der Waals surface area (Å²) >= 11 is 0. The van der Waals surface area contributed by atoms with Gasteiger partial charge in [0, 0.05) is 46.3 Å². The Morgan fingerprint density at radius 1 is 1.11 bits per heavy atom. The van der Waals surface area contributed by atoms with Crippen LogP contribution in [-0.4, -0.2) is 69.1 Å². The molecule has 1 aromatic carbocycles. The van der Waals surface area contributed by atoms with Crippen molar-refractivity contribution < 1.29 is 9.50 Å². The van der Waals surface area contributed by atoms with Gasteiger partial charge in [-0.15, -0.1) is 0 Å². The second-order valence-corrected chi connectivity index (χ2v) is 6.91. The van der Waals surface area contributed by atoms with E-state index in [1.165, 1.54) is 12.1 Å². The van der Waals surface area contributed by atoms with E-state index in [1.54, 1.807) is 23.0 Å². The number of nitrogens with zero attached hydrogens (tertiary/aromatic N) is 6. The third-order valence-corrected chi connectivity index (χ3v) is 5.02. The molecule has 3 aromatic rings. The molecule has 0 bridgehead atoms. The van der Waals surface area contributed by atoms with Crippen LogP contribution in [0.15, 0.2) is 30.5 Å². The van der Waals surface area contributed by atoms with Crippen LogP contribution in [-0.2, 0) is 13.6 Å². The van der Waals surface area contributed by atoms with Crippen LogP contribution in [0.2, 0.25) is 0 Å². The Bertz CT molecular complexity index is 935. The minimum atomic E-state index is -0.247. The van der Waals surface area contributed by atoms with Gasteiger partial charge < -0.3 is 15.3 Å². The number of fused-ring (bicyclic) bond motifs is 1. The fraction of sp³-hybridized carbons (Fsp3) is 0.421. The largest absolute Gasteiger partial charge is 0.395 e. The standard InChI is InChI=1S/C19H24FN7O/c1-25-18-16(13-22-25)17(21-12-14-2-4-15(20)5-3-14)23-19(24-18)27-8-6-26(7-9-27)10-11-28/h2-5,13,28H,6-12H2,1H3,(H,21,23,24). The highest BCUT2D eigenvalue weighted by Crippen LogP contribution is 2.24. The van der Waals surface area contributed by atoms with Crippen molar-refractivity contribution in [2.75, 3.05) is 49.5 Å². The fourth-order valence-corrected chi connectivity index (χ4v) is 3.39. The molecule has 0 saturated carbocycles. The van der Waals surface area contributed by atoms with E-state index in [2.05, 4.69) is 20.2 Å². The highest BCUT2D eigenvalue weighted by Gasteiger charge is 2.21. The van der Waals surface area contributed by atoms with Gasteiger partial charge in [0.05, 0.1) is 18.2 Å². The van der Waals surface area contributed by atoms with Crippen LogP contribution in [0.4, 0.5) is 16.2 Å². The van der Waals surface area contributed by atoms with Crippen molar-refractivity contribution in [2.45, 2.75) is 6.54 Å². The zero-order valence-corrected chi connectivity index (χ0v) is 15.8. The number of benzene rings is 1. The first-order valence-electron chi connectivity index (χ1n) is 9.40. The fourth-order valence-electron chi connectivity index (χ4n) is 3.39. The summed E-state index contributed by atoms with van der Waals surface area (Å²) in [4.78, 5) is 13.8. The van der Waals surface area contributed by atoms with Crippen molar-refractivity contribution in [3.63, 3.8) is 0 Å². The number of aliphatic hydroxyl groups excluding tert-OH is 1. The van der Waals surface area contributed by atoms with Gasteiger partial charge in [-0.1, -0.05) is 12.1 Å². The SMILES string of the molecule is Cn1ncc2c(NCc3ccc(F)cc3)nc(N3CCN(CCO)CC3)nc21. The topological polar surface area (TPSA) is 82.3 Å². The molecule has 0 spiro atoms. The first kappa shape index (κ1) is 18.6. The lowest BCUT2D eigenvalue weighted by Crippen LogP contribution is -2.47. The van der Waals surface area contributed by atoms with Crippen LogP contribution in [0, 0.1) is 5.82 Å². The Hall–Kier alpha value is -2.78. The molecular formula is C19H24FN7O. The van der Waals surface area contributed by atoms with Gasteiger partial charge in [0.25, 0.3) is 0 Å². The first-order chi connectivity index (χ1) is 13.6. The smallest absolute Gasteiger partial charge is 0.229 e. The molecule has 28 heavy (non-hydrogen) atoms. The number of rotatable bonds is 6. The molecule has 1 fully saturated rings. The predicted octanol–water partition coefficient (Wildman–Crippen LogP) is 1.23. The number of anilines is 2. The monoisotopic (exact) mass is 385 g/mol. The van der Waals surface area contributed by atoms with Crippen LogP contribution in [0.25, 0.3) is 11.0 Å². The number of nitrogens with one attached hydrogen (secondary N) is 1. The summed E-state index contributed by atoms with van der Waals surface area (Å²) in [6.07, 6.45) is 1.76. The number of aromatic nitrogens is 4.